The van der Waals surface area contributed by atoms with E-state index in [-0.39, 0.29) is 33.5 Å². The van der Waals surface area contributed by atoms with Gasteiger partial charge in [-0.25, -0.2) is 0 Å². The van der Waals surface area contributed by atoms with E-state index in [0.29, 0.717) is 25.7 Å². The second-order valence-electron chi connectivity index (χ2n) is 15.3. The molecule has 5 aliphatic carbocycles. The van der Waals surface area contributed by atoms with E-state index in [9.17, 15) is 30.3 Å². The predicted octanol–water partition coefficient (Wildman–Crippen LogP) is 4.50. The van der Waals surface area contributed by atoms with Gasteiger partial charge in [-0.2, -0.15) is 0 Å². The molecule has 0 aromatic heterocycles. The number of aliphatic hydroxyl groups excluding tert-OH is 2. The van der Waals surface area contributed by atoms with Crippen LogP contribution in [0.15, 0.2) is 11.6 Å². The average molecular weight is 505 g/mol. The first-order valence-corrected chi connectivity index (χ1v) is 14.1. The molecule has 0 heterocycles. The molecular formula is C30H48O6. The van der Waals surface area contributed by atoms with Crippen LogP contribution in [0.3, 0.4) is 0 Å². The lowest BCUT2D eigenvalue weighted by Crippen LogP contribution is -2.71. The van der Waals surface area contributed by atoms with Crippen LogP contribution < -0.4 is 0 Å². The van der Waals surface area contributed by atoms with Gasteiger partial charge in [0.1, 0.15) is 6.10 Å². The molecule has 4 fully saturated rings. The lowest BCUT2D eigenvalue weighted by atomic mass is 9.33. The molecule has 0 saturated heterocycles. The maximum Gasteiger partial charge on any atom is 0.310 e. The molecule has 0 aromatic carbocycles. The molecule has 5 rings (SSSR count). The van der Waals surface area contributed by atoms with E-state index in [2.05, 4.69) is 40.7 Å². The number of hydrogen-bond acceptors (Lipinski definition) is 5. The maximum absolute atomic E-state index is 12.8. The van der Waals surface area contributed by atoms with Crippen LogP contribution in [-0.4, -0.2) is 49.5 Å². The molecule has 0 aromatic rings. The van der Waals surface area contributed by atoms with E-state index in [1.807, 2.05) is 13.8 Å². The normalized spacial score (nSPS) is 52.6. The molecule has 204 valence electrons. The van der Waals surface area contributed by atoms with Crippen molar-refractivity contribution in [1.29, 1.82) is 0 Å². The second-order valence-corrected chi connectivity index (χ2v) is 15.3. The molecule has 6 nitrogen and oxygen atoms in total. The molecule has 36 heavy (non-hydrogen) atoms. The number of hydrogen-bond donors (Lipinski definition) is 5. The van der Waals surface area contributed by atoms with Gasteiger partial charge in [-0.05, 0) is 84.9 Å². The lowest BCUT2D eigenvalue weighted by molar-refractivity contribution is -0.351. The van der Waals surface area contributed by atoms with E-state index in [4.69, 9.17) is 0 Å². The highest BCUT2D eigenvalue weighted by molar-refractivity contribution is 5.77. The van der Waals surface area contributed by atoms with Crippen molar-refractivity contribution >= 4 is 5.97 Å². The molecule has 6 heteroatoms. The van der Waals surface area contributed by atoms with Crippen LogP contribution in [0.1, 0.15) is 99.8 Å². The van der Waals surface area contributed by atoms with Crippen molar-refractivity contribution in [3.05, 3.63) is 11.6 Å². The summed E-state index contributed by atoms with van der Waals surface area (Å²) in [6.45, 7) is 14.8. The Kier molecular flexibility index (Phi) is 5.45. The van der Waals surface area contributed by atoms with Crippen molar-refractivity contribution in [2.24, 2.45) is 50.2 Å². The zero-order chi connectivity index (χ0) is 26.9. The molecule has 2 unspecified atom stereocenters. The third-order valence-electron chi connectivity index (χ3n) is 13.5. The molecule has 0 bridgehead atoms. The van der Waals surface area contributed by atoms with Gasteiger partial charge in [0.2, 0.25) is 0 Å². The number of allylic oxidation sites excluding steroid dienone is 1. The van der Waals surface area contributed by atoms with Gasteiger partial charge in [-0.3, -0.25) is 4.79 Å². The number of fused-ring (bicyclic) bond motifs is 7. The van der Waals surface area contributed by atoms with Gasteiger partial charge in [-0.1, -0.05) is 60.1 Å². The Hall–Kier alpha value is -0.950. The summed E-state index contributed by atoms with van der Waals surface area (Å²) in [4.78, 5) is 12.8. The van der Waals surface area contributed by atoms with E-state index in [1.54, 1.807) is 0 Å². The summed E-state index contributed by atoms with van der Waals surface area (Å²) in [5, 5.41) is 55.0. The summed E-state index contributed by atoms with van der Waals surface area (Å²) in [5.74, 6) is -3.03. The third-order valence-corrected chi connectivity index (χ3v) is 13.5. The number of aliphatic carboxylic acids is 1. The molecule has 0 aliphatic heterocycles. The summed E-state index contributed by atoms with van der Waals surface area (Å²) in [6, 6.07) is 0. The monoisotopic (exact) mass is 504 g/mol. The Balaban J connectivity index is 1.64. The van der Waals surface area contributed by atoms with Crippen molar-refractivity contribution in [3.8, 4) is 0 Å². The Labute approximate surface area is 216 Å². The minimum atomic E-state index is -2.13. The summed E-state index contributed by atoms with van der Waals surface area (Å²) >= 11 is 0. The zero-order valence-electron chi connectivity index (χ0n) is 23.3. The lowest BCUT2D eigenvalue weighted by Gasteiger charge is -2.72. The Morgan fingerprint density at radius 2 is 1.50 bits per heavy atom. The molecule has 5 N–H and O–H groups in total. The minimum absolute atomic E-state index is 0.0425. The fourth-order valence-electron chi connectivity index (χ4n) is 10.7. The van der Waals surface area contributed by atoms with Crippen LogP contribution in [0.5, 0.6) is 0 Å². The van der Waals surface area contributed by atoms with Crippen LogP contribution in [0.2, 0.25) is 0 Å². The molecular weight excluding hydrogens is 456 g/mol. The summed E-state index contributed by atoms with van der Waals surface area (Å²) < 4.78 is 0. The molecule has 0 radical (unpaired) electrons. The molecule has 5 aliphatic rings. The van der Waals surface area contributed by atoms with Gasteiger partial charge < -0.3 is 25.5 Å². The number of carbonyl (C=O) groups is 1. The Morgan fingerprint density at radius 1 is 0.889 bits per heavy atom. The number of carboxylic acid groups (broad SMARTS) is 1. The van der Waals surface area contributed by atoms with Gasteiger partial charge in [0.25, 0.3) is 0 Å². The Bertz CT molecular complexity index is 997. The number of aliphatic hydroxyl groups is 4. The highest BCUT2D eigenvalue weighted by atomic mass is 16.5. The fraction of sp³-hybridized carbons (Fsp3) is 0.900. The third kappa shape index (κ3) is 2.85. The predicted molar refractivity (Wildman–Crippen MR) is 137 cm³/mol. The van der Waals surface area contributed by atoms with E-state index in [0.717, 1.165) is 31.3 Å². The summed E-state index contributed by atoms with van der Waals surface area (Å²) in [6.07, 6.45) is 5.83. The van der Waals surface area contributed by atoms with Gasteiger partial charge in [-0.15, -0.1) is 0 Å². The van der Waals surface area contributed by atoms with Gasteiger partial charge in [0.05, 0.1) is 11.5 Å². The summed E-state index contributed by atoms with van der Waals surface area (Å²) in [5.41, 5.74) is -1.67. The highest BCUT2D eigenvalue weighted by Gasteiger charge is 2.72. The van der Waals surface area contributed by atoms with E-state index < -0.39 is 40.7 Å². The number of carboxylic acids is 1. The van der Waals surface area contributed by atoms with Crippen LogP contribution >= 0.6 is 0 Å². The molecule has 9 atom stereocenters. The SMILES string of the molecule is CC1(C)CC[C@]2(C(=O)O)CC[C@]3(C)C(=CC[C@@H]4[C@@]5(C)CC(O)C(O)(O)C(C)(C)[C@@H]5CC[C@]43C)[C@@H]2C1O. The summed E-state index contributed by atoms with van der Waals surface area (Å²) in [7, 11) is 0. The van der Waals surface area contributed by atoms with E-state index >= 15 is 0 Å². The largest absolute Gasteiger partial charge is 0.481 e. The molecule has 0 spiro atoms. The van der Waals surface area contributed by atoms with Crippen LogP contribution in [0, 0.1) is 50.2 Å². The fourth-order valence-corrected chi connectivity index (χ4v) is 10.7. The van der Waals surface area contributed by atoms with E-state index in [1.165, 1.54) is 0 Å². The van der Waals surface area contributed by atoms with Gasteiger partial charge in [0, 0.05) is 11.3 Å². The van der Waals surface area contributed by atoms with Crippen molar-refractivity contribution in [2.45, 2.75) is 118 Å². The van der Waals surface area contributed by atoms with Crippen LogP contribution in [0.25, 0.3) is 0 Å². The van der Waals surface area contributed by atoms with Crippen LogP contribution in [-0.2, 0) is 4.79 Å². The first-order valence-electron chi connectivity index (χ1n) is 14.1. The first kappa shape index (κ1) is 26.6. The first-order chi connectivity index (χ1) is 16.3. The number of rotatable bonds is 1. The van der Waals surface area contributed by atoms with Crippen molar-refractivity contribution < 1.29 is 30.3 Å². The highest BCUT2D eigenvalue weighted by Crippen LogP contribution is 2.76. The molecule has 0 amide bonds. The van der Waals surface area contributed by atoms with Gasteiger partial charge in [0.15, 0.2) is 5.79 Å². The topological polar surface area (TPSA) is 118 Å². The minimum Gasteiger partial charge on any atom is -0.481 e. The standard InChI is InChI=1S/C30H48O6/c1-24(2)12-14-29(23(33)34)15-13-27(6)17(21(29)22(24)32)8-9-19-26(5)16-20(31)30(35,36)25(3,4)18(26)10-11-28(19,27)7/h8,18-22,31-32,35-36H,9-16H2,1-7H3,(H,33,34)/t18-,19+,20?,21+,22?,26-,27+,28+,29-/m0/s1. The van der Waals surface area contributed by atoms with Crippen LogP contribution in [0.4, 0.5) is 0 Å². The maximum atomic E-state index is 12.8. The van der Waals surface area contributed by atoms with Crippen molar-refractivity contribution in [2.75, 3.05) is 0 Å². The van der Waals surface area contributed by atoms with Crippen molar-refractivity contribution in [3.63, 3.8) is 0 Å². The molecule has 4 saturated carbocycles. The Morgan fingerprint density at radius 3 is 2.11 bits per heavy atom. The second kappa shape index (κ2) is 7.37. The quantitative estimate of drug-likeness (QED) is 0.265. The zero-order valence-corrected chi connectivity index (χ0v) is 23.3. The smallest absolute Gasteiger partial charge is 0.310 e. The average Bonchev–Trinajstić information content (AvgIpc) is 2.75. The van der Waals surface area contributed by atoms with Crippen molar-refractivity contribution in [1.82, 2.24) is 0 Å². The van der Waals surface area contributed by atoms with Gasteiger partial charge >= 0.3 is 5.97 Å².